The molecular weight excluding hydrogens is 294 g/mol. The van der Waals surface area contributed by atoms with Crippen LogP contribution in [-0.2, 0) is 25.8 Å². The lowest BCUT2D eigenvalue weighted by Gasteiger charge is -2.12. The Hall–Kier alpha value is -1.44. The van der Waals surface area contributed by atoms with Crippen LogP contribution in [0.5, 0.6) is 0 Å². The number of nitrogens with zero attached hydrogens (tertiary/aromatic N) is 2. The number of amides is 1. The highest BCUT2D eigenvalue weighted by Crippen LogP contribution is 2.22. The zero-order valence-corrected chi connectivity index (χ0v) is 13.5. The van der Waals surface area contributed by atoms with Gasteiger partial charge in [-0.15, -0.1) is 0 Å². The molecule has 21 heavy (non-hydrogen) atoms. The van der Waals surface area contributed by atoms with Crippen LogP contribution in [0, 0.1) is 0 Å². The number of nitrogens with one attached hydrogen (secondary N) is 1. The van der Waals surface area contributed by atoms with Crippen molar-refractivity contribution in [2.45, 2.75) is 63.0 Å². The minimum absolute atomic E-state index is 0.0889. The van der Waals surface area contributed by atoms with Crippen LogP contribution in [0.4, 0.5) is 0 Å². The predicted octanol–water partition coefficient (Wildman–Crippen LogP) is 0.949. The first kappa shape index (κ1) is 15.9. The number of aromatic nitrogens is 2. The van der Waals surface area contributed by atoms with Crippen molar-refractivity contribution in [1.82, 2.24) is 15.5 Å². The van der Waals surface area contributed by atoms with Gasteiger partial charge in [-0.05, 0) is 19.8 Å². The lowest BCUT2D eigenvalue weighted by Crippen LogP contribution is -2.39. The third-order valence-corrected chi connectivity index (χ3v) is 5.22. The molecule has 1 aromatic rings. The Morgan fingerprint density at radius 2 is 2.05 bits per heavy atom. The molecule has 0 aliphatic heterocycles. The predicted molar refractivity (Wildman–Crippen MR) is 76.2 cm³/mol. The molecule has 1 aromatic heterocycles. The third kappa shape index (κ3) is 4.03. The van der Waals surface area contributed by atoms with Gasteiger partial charge in [-0.2, -0.15) is 4.98 Å². The summed E-state index contributed by atoms with van der Waals surface area (Å²) in [6, 6.07) is 0.132. The van der Waals surface area contributed by atoms with Crippen LogP contribution in [0.1, 0.15) is 52.3 Å². The number of carbonyl (C=O) groups excluding carboxylic acids is 1. The fourth-order valence-electron chi connectivity index (χ4n) is 1.63. The Labute approximate surface area is 124 Å². The summed E-state index contributed by atoms with van der Waals surface area (Å²) in [5.74, 6) is -0.392. The topological polar surface area (TPSA) is 102 Å². The highest BCUT2D eigenvalue weighted by Gasteiger charge is 2.33. The van der Waals surface area contributed by atoms with Gasteiger partial charge < -0.3 is 9.84 Å². The summed E-state index contributed by atoms with van der Waals surface area (Å²) in [6.45, 7) is 7.07. The Kier molecular flexibility index (Phi) is 4.10. The van der Waals surface area contributed by atoms with Crippen LogP contribution in [0.2, 0.25) is 0 Å². The van der Waals surface area contributed by atoms with E-state index in [1.807, 2.05) is 20.8 Å². The van der Waals surface area contributed by atoms with Gasteiger partial charge in [-0.1, -0.05) is 25.9 Å². The standard InChI is InChI=1S/C13H21N3O4S/c1-8(11(17)14-9-5-6-9)21(18,19)7-10-15-12(20-16-10)13(2,3)4/h8-9H,5-7H2,1-4H3,(H,14,17)/t8-/m1/s1. The van der Waals surface area contributed by atoms with E-state index in [-0.39, 0.29) is 17.3 Å². The van der Waals surface area contributed by atoms with Crippen molar-refractivity contribution in [3.05, 3.63) is 11.7 Å². The molecule has 1 aliphatic rings. The van der Waals surface area contributed by atoms with Gasteiger partial charge in [-0.3, -0.25) is 4.79 Å². The van der Waals surface area contributed by atoms with E-state index in [9.17, 15) is 13.2 Å². The van der Waals surface area contributed by atoms with Gasteiger partial charge in [0.2, 0.25) is 11.8 Å². The van der Waals surface area contributed by atoms with Crippen molar-refractivity contribution in [1.29, 1.82) is 0 Å². The maximum atomic E-state index is 12.2. The summed E-state index contributed by atoms with van der Waals surface area (Å²) in [5.41, 5.74) is -0.343. The fraction of sp³-hybridized carbons (Fsp3) is 0.769. The third-order valence-electron chi connectivity index (χ3n) is 3.27. The van der Waals surface area contributed by atoms with Crippen LogP contribution < -0.4 is 5.32 Å². The van der Waals surface area contributed by atoms with Crippen molar-refractivity contribution in [3.63, 3.8) is 0 Å². The van der Waals surface area contributed by atoms with Gasteiger partial charge in [0.15, 0.2) is 15.7 Å². The minimum atomic E-state index is -3.66. The second-order valence-electron chi connectivity index (χ2n) is 6.50. The molecule has 0 spiro atoms. The number of hydrogen-bond donors (Lipinski definition) is 1. The van der Waals surface area contributed by atoms with E-state index < -0.39 is 26.7 Å². The second-order valence-corrected chi connectivity index (χ2v) is 8.82. The maximum Gasteiger partial charge on any atom is 0.238 e. The minimum Gasteiger partial charge on any atom is -0.352 e. The molecule has 1 atom stereocenters. The second kappa shape index (κ2) is 5.40. The highest BCUT2D eigenvalue weighted by atomic mass is 32.2. The molecule has 0 bridgehead atoms. The zero-order chi connectivity index (χ0) is 15.8. The van der Waals surface area contributed by atoms with Gasteiger partial charge in [0.05, 0.1) is 0 Å². The fourth-order valence-corrected chi connectivity index (χ4v) is 2.75. The van der Waals surface area contributed by atoms with E-state index in [0.29, 0.717) is 5.89 Å². The van der Waals surface area contributed by atoms with E-state index in [2.05, 4.69) is 15.5 Å². The van der Waals surface area contributed by atoms with Crippen molar-refractivity contribution < 1.29 is 17.7 Å². The van der Waals surface area contributed by atoms with Gasteiger partial charge in [0, 0.05) is 11.5 Å². The SMILES string of the molecule is C[C@H](C(=O)NC1CC1)S(=O)(=O)Cc1noc(C(C)(C)C)n1. The smallest absolute Gasteiger partial charge is 0.238 e. The van der Waals surface area contributed by atoms with Crippen LogP contribution in [0.15, 0.2) is 4.52 Å². The van der Waals surface area contributed by atoms with Crippen LogP contribution in [0.25, 0.3) is 0 Å². The number of carbonyl (C=O) groups is 1. The van der Waals surface area contributed by atoms with Crippen LogP contribution in [-0.4, -0.2) is 35.8 Å². The lowest BCUT2D eigenvalue weighted by molar-refractivity contribution is -0.120. The van der Waals surface area contributed by atoms with E-state index in [4.69, 9.17) is 4.52 Å². The molecule has 118 valence electrons. The zero-order valence-electron chi connectivity index (χ0n) is 12.7. The molecule has 1 aliphatic carbocycles. The first-order valence-electron chi connectivity index (χ1n) is 6.94. The summed E-state index contributed by atoms with van der Waals surface area (Å²) < 4.78 is 29.5. The molecule has 1 amide bonds. The van der Waals surface area contributed by atoms with Gasteiger partial charge in [0.25, 0.3) is 0 Å². The maximum absolute atomic E-state index is 12.2. The Bertz CT molecular complexity index is 626. The first-order valence-corrected chi connectivity index (χ1v) is 8.66. The van der Waals surface area contributed by atoms with Gasteiger partial charge >= 0.3 is 0 Å². The summed E-state index contributed by atoms with van der Waals surface area (Å²) in [7, 11) is -3.66. The summed E-state index contributed by atoms with van der Waals surface area (Å²) >= 11 is 0. The lowest BCUT2D eigenvalue weighted by atomic mass is 9.97. The largest absolute Gasteiger partial charge is 0.352 e. The molecule has 1 heterocycles. The van der Waals surface area contributed by atoms with E-state index in [1.54, 1.807) is 0 Å². The number of sulfone groups is 1. The quantitative estimate of drug-likeness (QED) is 0.868. The summed E-state index contributed by atoms with van der Waals surface area (Å²) in [4.78, 5) is 15.9. The Morgan fingerprint density at radius 3 is 2.52 bits per heavy atom. The normalized spacial score (nSPS) is 17.5. The molecule has 1 fully saturated rings. The summed E-state index contributed by atoms with van der Waals surface area (Å²) in [5, 5.41) is 5.26. The molecule has 0 radical (unpaired) electrons. The average molecular weight is 315 g/mol. The molecule has 1 saturated carbocycles. The molecule has 2 rings (SSSR count). The molecule has 8 heteroatoms. The van der Waals surface area contributed by atoms with Crippen LogP contribution >= 0.6 is 0 Å². The molecule has 7 nitrogen and oxygen atoms in total. The molecule has 0 aromatic carbocycles. The monoisotopic (exact) mass is 315 g/mol. The highest BCUT2D eigenvalue weighted by molar-refractivity contribution is 7.92. The van der Waals surface area contributed by atoms with Gasteiger partial charge in [0.1, 0.15) is 11.0 Å². The van der Waals surface area contributed by atoms with Crippen molar-refractivity contribution in [3.8, 4) is 0 Å². The van der Waals surface area contributed by atoms with Crippen LogP contribution in [0.3, 0.4) is 0 Å². The van der Waals surface area contributed by atoms with E-state index in [1.165, 1.54) is 6.92 Å². The Balaban J connectivity index is 2.05. The Morgan fingerprint density at radius 1 is 1.43 bits per heavy atom. The van der Waals surface area contributed by atoms with E-state index >= 15 is 0 Å². The first-order chi connectivity index (χ1) is 9.59. The number of hydrogen-bond acceptors (Lipinski definition) is 6. The molecule has 0 saturated heterocycles. The average Bonchev–Trinajstić information content (AvgIpc) is 3.03. The van der Waals surface area contributed by atoms with E-state index in [0.717, 1.165) is 12.8 Å². The summed E-state index contributed by atoms with van der Waals surface area (Å²) in [6.07, 6.45) is 1.83. The van der Waals surface area contributed by atoms with Gasteiger partial charge in [-0.25, -0.2) is 8.42 Å². The molecular formula is C13H21N3O4S. The number of rotatable bonds is 5. The molecule has 1 N–H and O–H groups in total. The van der Waals surface area contributed by atoms with Crippen molar-refractivity contribution >= 4 is 15.7 Å². The van der Waals surface area contributed by atoms with Crippen molar-refractivity contribution in [2.24, 2.45) is 0 Å². The van der Waals surface area contributed by atoms with Crippen molar-refractivity contribution in [2.75, 3.05) is 0 Å². The molecule has 0 unspecified atom stereocenters.